The summed E-state index contributed by atoms with van der Waals surface area (Å²) in [6.07, 6.45) is 0. The van der Waals surface area contributed by atoms with E-state index in [1.54, 1.807) is 7.11 Å². The molecule has 4 nitrogen and oxygen atoms in total. The number of aryl methyl sites for hydroxylation is 1. The number of benzene rings is 2. The summed E-state index contributed by atoms with van der Waals surface area (Å²) in [5.41, 5.74) is 8.85. The minimum absolute atomic E-state index is 0.494. The number of hydrogen-bond acceptors (Lipinski definition) is 4. The Balaban J connectivity index is 2.28. The van der Waals surface area contributed by atoms with Gasteiger partial charge in [0.1, 0.15) is 11.6 Å². The van der Waals surface area contributed by atoms with Crippen LogP contribution < -0.4 is 10.5 Å². The number of nitrogens with zero attached hydrogens (tertiary/aromatic N) is 2. The summed E-state index contributed by atoms with van der Waals surface area (Å²) < 4.78 is 5.35. The molecule has 0 aliphatic heterocycles. The summed E-state index contributed by atoms with van der Waals surface area (Å²) in [6.45, 7) is 2.00. The van der Waals surface area contributed by atoms with Crippen LogP contribution in [-0.4, -0.2) is 17.1 Å². The predicted molar refractivity (Wildman–Crippen MR) is 80.7 cm³/mol. The Bertz CT molecular complexity index is 784. The van der Waals surface area contributed by atoms with Gasteiger partial charge in [-0.2, -0.15) is 0 Å². The van der Waals surface area contributed by atoms with Gasteiger partial charge in [0.2, 0.25) is 0 Å². The maximum atomic E-state index is 6.09. The molecule has 0 spiro atoms. The molecule has 1 aromatic heterocycles. The molecule has 0 aliphatic rings. The fraction of sp³-hybridized carbons (Fsp3) is 0.125. The lowest BCUT2D eigenvalue weighted by atomic mass is 10.1. The van der Waals surface area contributed by atoms with Crippen molar-refractivity contribution in [2.24, 2.45) is 0 Å². The lowest BCUT2D eigenvalue weighted by Gasteiger charge is -2.10. The smallest absolute Gasteiger partial charge is 0.165 e. The molecule has 0 radical (unpaired) electrons. The summed E-state index contributed by atoms with van der Waals surface area (Å²) in [5.74, 6) is 1.81. The number of ether oxygens (including phenoxy) is 1. The van der Waals surface area contributed by atoms with Gasteiger partial charge in [0.15, 0.2) is 5.82 Å². The van der Waals surface area contributed by atoms with Crippen molar-refractivity contribution in [3.8, 4) is 17.1 Å². The molecule has 0 bridgehead atoms. The van der Waals surface area contributed by atoms with E-state index in [9.17, 15) is 0 Å². The molecule has 0 fully saturated rings. The monoisotopic (exact) mass is 265 g/mol. The second-order valence-electron chi connectivity index (χ2n) is 4.60. The van der Waals surface area contributed by atoms with Gasteiger partial charge in [-0.25, -0.2) is 9.97 Å². The zero-order valence-corrected chi connectivity index (χ0v) is 11.4. The Kier molecular flexibility index (Phi) is 2.99. The molecule has 0 amide bonds. The second-order valence-corrected chi connectivity index (χ2v) is 4.60. The number of nitrogens with two attached hydrogens (primary N) is 1. The van der Waals surface area contributed by atoms with Gasteiger partial charge in [-0.1, -0.05) is 24.3 Å². The largest absolute Gasteiger partial charge is 0.496 e. The normalized spacial score (nSPS) is 10.7. The van der Waals surface area contributed by atoms with E-state index in [4.69, 9.17) is 10.5 Å². The van der Waals surface area contributed by atoms with Gasteiger partial charge in [0, 0.05) is 5.39 Å². The number of nitrogen functional groups attached to an aromatic ring is 1. The second kappa shape index (κ2) is 4.81. The number of methoxy groups -OCH3 is 1. The highest BCUT2D eigenvalue weighted by atomic mass is 16.5. The van der Waals surface area contributed by atoms with Crippen molar-refractivity contribution < 1.29 is 4.74 Å². The fourth-order valence-electron chi connectivity index (χ4n) is 2.34. The molecular formula is C16H15N3O. The first-order valence-electron chi connectivity index (χ1n) is 6.37. The Labute approximate surface area is 117 Å². The Morgan fingerprint density at radius 3 is 2.60 bits per heavy atom. The van der Waals surface area contributed by atoms with Crippen LogP contribution in [0, 0.1) is 6.92 Å². The average Bonchev–Trinajstić information content (AvgIpc) is 2.47. The molecule has 3 aromatic rings. The molecule has 3 rings (SSSR count). The van der Waals surface area contributed by atoms with Gasteiger partial charge in [0.05, 0.1) is 18.2 Å². The lowest BCUT2D eigenvalue weighted by molar-refractivity contribution is 0.416. The molecule has 20 heavy (non-hydrogen) atoms. The number of para-hydroxylation sites is 1. The third kappa shape index (κ3) is 1.95. The number of aromatic nitrogens is 2. The highest BCUT2D eigenvalue weighted by Crippen LogP contribution is 2.30. The van der Waals surface area contributed by atoms with Crippen molar-refractivity contribution in [2.45, 2.75) is 6.92 Å². The van der Waals surface area contributed by atoms with Gasteiger partial charge in [-0.15, -0.1) is 0 Å². The molecule has 0 aliphatic carbocycles. The number of fused-ring (bicyclic) bond motifs is 1. The summed E-state index contributed by atoms with van der Waals surface area (Å²) in [5, 5.41) is 0.908. The van der Waals surface area contributed by atoms with E-state index in [1.165, 1.54) is 0 Å². The summed E-state index contributed by atoms with van der Waals surface area (Å²) >= 11 is 0. The average molecular weight is 265 g/mol. The maximum absolute atomic E-state index is 6.09. The Morgan fingerprint density at radius 2 is 1.80 bits per heavy atom. The zero-order valence-electron chi connectivity index (χ0n) is 11.4. The third-order valence-electron chi connectivity index (χ3n) is 3.31. The van der Waals surface area contributed by atoms with Gasteiger partial charge in [0.25, 0.3) is 0 Å². The maximum Gasteiger partial charge on any atom is 0.165 e. The van der Waals surface area contributed by atoms with Crippen molar-refractivity contribution in [3.63, 3.8) is 0 Å². The standard InChI is InChI=1S/C16H15N3O/c1-10-6-5-8-12-14(10)15(17)19-16(18-12)11-7-3-4-9-13(11)20-2/h3-9H,1-2H3,(H2,17,18,19). The van der Waals surface area contributed by atoms with Crippen LogP contribution >= 0.6 is 0 Å². The van der Waals surface area contributed by atoms with E-state index in [-0.39, 0.29) is 0 Å². The molecule has 0 saturated heterocycles. The van der Waals surface area contributed by atoms with Crippen LogP contribution in [0.2, 0.25) is 0 Å². The van der Waals surface area contributed by atoms with Crippen molar-refractivity contribution in [3.05, 3.63) is 48.0 Å². The van der Waals surface area contributed by atoms with Crippen LogP contribution in [0.1, 0.15) is 5.56 Å². The highest BCUT2D eigenvalue weighted by Gasteiger charge is 2.12. The molecule has 0 atom stereocenters. The van der Waals surface area contributed by atoms with Gasteiger partial charge in [-0.3, -0.25) is 0 Å². The highest BCUT2D eigenvalue weighted by molar-refractivity contribution is 5.92. The molecule has 1 heterocycles. The Hall–Kier alpha value is -2.62. The molecule has 4 heteroatoms. The Morgan fingerprint density at radius 1 is 1.00 bits per heavy atom. The number of hydrogen-bond donors (Lipinski definition) is 1. The molecule has 2 aromatic carbocycles. The van der Waals surface area contributed by atoms with Crippen molar-refractivity contribution >= 4 is 16.7 Å². The minimum Gasteiger partial charge on any atom is -0.496 e. The van der Waals surface area contributed by atoms with Crippen LogP contribution in [0.15, 0.2) is 42.5 Å². The molecule has 2 N–H and O–H groups in total. The topological polar surface area (TPSA) is 61.0 Å². The predicted octanol–water partition coefficient (Wildman–Crippen LogP) is 3.20. The van der Waals surface area contributed by atoms with Crippen molar-refractivity contribution in [1.82, 2.24) is 9.97 Å². The first-order chi connectivity index (χ1) is 9.70. The van der Waals surface area contributed by atoms with Crippen LogP contribution in [0.4, 0.5) is 5.82 Å². The number of anilines is 1. The van der Waals surface area contributed by atoms with Crippen LogP contribution in [0.25, 0.3) is 22.3 Å². The molecule has 100 valence electrons. The van der Waals surface area contributed by atoms with E-state index in [0.717, 1.165) is 27.8 Å². The van der Waals surface area contributed by atoms with Crippen LogP contribution in [0.3, 0.4) is 0 Å². The third-order valence-corrected chi connectivity index (χ3v) is 3.31. The molecule has 0 unspecified atom stereocenters. The molecule has 0 saturated carbocycles. The van der Waals surface area contributed by atoms with E-state index in [2.05, 4.69) is 9.97 Å². The quantitative estimate of drug-likeness (QED) is 0.773. The van der Waals surface area contributed by atoms with Crippen LogP contribution in [0.5, 0.6) is 5.75 Å². The van der Waals surface area contributed by atoms with Gasteiger partial charge < -0.3 is 10.5 Å². The van der Waals surface area contributed by atoms with Crippen LogP contribution in [-0.2, 0) is 0 Å². The van der Waals surface area contributed by atoms with Gasteiger partial charge in [-0.05, 0) is 30.7 Å². The summed E-state index contributed by atoms with van der Waals surface area (Å²) in [7, 11) is 1.63. The van der Waals surface area contributed by atoms with Crippen molar-refractivity contribution in [2.75, 3.05) is 12.8 Å². The first-order valence-corrected chi connectivity index (χ1v) is 6.37. The van der Waals surface area contributed by atoms with Crippen molar-refractivity contribution in [1.29, 1.82) is 0 Å². The van der Waals surface area contributed by atoms with E-state index in [1.807, 2.05) is 49.4 Å². The fourth-order valence-corrected chi connectivity index (χ4v) is 2.34. The lowest BCUT2D eigenvalue weighted by Crippen LogP contribution is -2.00. The van der Waals surface area contributed by atoms with E-state index in [0.29, 0.717) is 11.6 Å². The molecular weight excluding hydrogens is 250 g/mol. The SMILES string of the molecule is COc1ccccc1-c1nc(N)c2c(C)cccc2n1. The first kappa shape index (κ1) is 12.4. The minimum atomic E-state index is 0.494. The number of rotatable bonds is 2. The van der Waals surface area contributed by atoms with E-state index >= 15 is 0 Å². The summed E-state index contributed by atoms with van der Waals surface area (Å²) in [4.78, 5) is 9.03. The van der Waals surface area contributed by atoms with E-state index < -0.39 is 0 Å². The summed E-state index contributed by atoms with van der Waals surface area (Å²) in [6, 6.07) is 13.6. The van der Waals surface area contributed by atoms with Gasteiger partial charge >= 0.3 is 0 Å². The zero-order chi connectivity index (χ0) is 14.1.